The van der Waals surface area contributed by atoms with Gasteiger partial charge in [0.1, 0.15) is 0 Å². The highest BCUT2D eigenvalue weighted by atomic mass is 32.1. The molecular formula is C8H18S. The first-order valence-corrected chi connectivity index (χ1v) is 4.50. The van der Waals surface area contributed by atoms with E-state index in [4.69, 9.17) is 0 Å². The molecule has 0 rings (SSSR count). The third-order valence-corrected chi connectivity index (χ3v) is 2.72. The third kappa shape index (κ3) is 3.14. The largest absolute Gasteiger partial charge is 0.179 e. The Morgan fingerprint density at radius 2 is 1.67 bits per heavy atom. The smallest absolute Gasteiger partial charge is 0.00695 e. The summed E-state index contributed by atoms with van der Waals surface area (Å²) in [5.74, 6) is 2.72. The Morgan fingerprint density at radius 1 is 1.22 bits per heavy atom. The first-order chi connectivity index (χ1) is 4.26. The second-order valence-corrected chi connectivity index (χ2v) is 3.10. The predicted molar refractivity (Wildman–Crippen MR) is 47.1 cm³/mol. The molecule has 1 atom stereocenters. The fourth-order valence-electron chi connectivity index (χ4n) is 1.24. The zero-order valence-electron chi connectivity index (χ0n) is 6.72. The highest BCUT2D eigenvalue weighted by molar-refractivity contribution is 7.80. The molecule has 0 saturated carbocycles. The van der Waals surface area contributed by atoms with Crippen LogP contribution in [0.15, 0.2) is 0 Å². The van der Waals surface area contributed by atoms with E-state index in [0.29, 0.717) is 0 Å². The second kappa shape index (κ2) is 5.16. The van der Waals surface area contributed by atoms with Crippen LogP contribution >= 0.6 is 12.6 Å². The van der Waals surface area contributed by atoms with Crippen molar-refractivity contribution in [2.45, 2.75) is 33.6 Å². The Labute approximate surface area is 64.4 Å². The van der Waals surface area contributed by atoms with Crippen molar-refractivity contribution in [1.29, 1.82) is 0 Å². The molecular weight excluding hydrogens is 128 g/mol. The molecule has 0 aliphatic rings. The predicted octanol–water partition coefficient (Wildman–Crippen LogP) is 2.99. The molecule has 0 radical (unpaired) electrons. The van der Waals surface area contributed by atoms with E-state index in [-0.39, 0.29) is 0 Å². The lowest BCUT2D eigenvalue weighted by Gasteiger charge is -2.18. The molecule has 0 aliphatic carbocycles. The highest BCUT2D eigenvalue weighted by Gasteiger charge is 2.10. The van der Waals surface area contributed by atoms with E-state index in [1.807, 2.05) is 0 Å². The quantitative estimate of drug-likeness (QED) is 0.579. The molecule has 0 N–H and O–H groups in total. The molecule has 0 bridgehead atoms. The highest BCUT2D eigenvalue weighted by Crippen LogP contribution is 2.19. The molecule has 0 aromatic carbocycles. The summed E-state index contributed by atoms with van der Waals surface area (Å²) in [4.78, 5) is 0. The molecule has 0 fully saturated rings. The lowest BCUT2D eigenvalue weighted by molar-refractivity contribution is 0.368. The van der Waals surface area contributed by atoms with E-state index in [1.54, 1.807) is 0 Å². The molecule has 0 nitrogen and oxygen atoms in total. The maximum Gasteiger partial charge on any atom is -0.00695 e. The molecule has 1 unspecified atom stereocenters. The normalized spacial score (nSPS) is 14.3. The van der Waals surface area contributed by atoms with Crippen molar-refractivity contribution in [2.24, 2.45) is 11.8 Å². The van der Waals surface area contributed by atoms with Gasteiger partial charge < -0.3 is 0 Å². The summed E-state index contributed by atoms with van der Waals surface area (Å²) in [6.45, 7) is 6.80. The van der Waals surface area contributed by atoms with Gasteiger partial charge in [-0.3, -0.25) is 0 Å². The lowest BCUT2D eigenvalue weighted by Crippen LogP contribution is -2.10. The minimum absolute atomic E-state index is 0.795. The van der Waals surface area contributed by atoms with Crippen molar-refractivity contribution >= 4 is 12.6 Å². The molecule has 0 aromatic rings. The van der Waals surface area contributed by atoms with Crippen molar-refractivity contribution in [1.82, 2.24) is 0 Å². The summed E-state index contributed by atoms with van der Waals surface area (Å²) in [6.07, 6.45) is 2.61. The van der Waals surface area contributed by atoms with Crippen LogP contribution in [-0.4, -0.2) is 5.75 Å². The standard InChI is InChI=1S/C8H18S/c1-4-8(5-2)7(3)6-9/h7-9H,4-6H2,1-3H3. The van der Waals surface area contributed by atoms with Crippen LogP contribution in [-0.2, 0) is 0 Å². The van der Waals surface area contributed by atoms with Crippen molar-refractivity contribution < 1.29 is 0 Å². The van der Waals surface area contributed by atoms with Gasteiger partial charge in [-0.2, -0.15) is 12.6 Å². The maximum absolute atomic E-state index is 4.26. The third-order valence-electron chi connectivity index (χ3n) is 2.14. The molecule has 0 spiro atoms. The van der Waals surface area contributed by atoms with Gasteiger partial charge in [0.25, 0.3) is 0 Å². The number of hydrogen-bond acceptors (Lipinski definition) is 1. The van der Waals surface area contributed by atoms with E-state index in [0.717, 1.165) is 17.6 Å². The van der Waals surface area contributed by atoms with Crippen LogP contribution < -0.4 is 0 Å². The van der Waals surface area contributed by atoms with Crippen LogP contribution in [0.3, 0.4) is 0 Å². The SMILES string of the molecule is CCC(CC)C(C)CS. The summed E-state index contributed by atoms with van der Waals surface area (Å²) < 4.78 is 0. The molecule has 0 heterocycles. The van der Waals surface area contributed by atoms with E-state index in [9.17, 15) is 0 Å². The van der Waals surface area contributed by atoms with Gasteiger partial charge in [0.15, 0.2) is 0 Å². The van der Waals surface area contributed by atoms with Gasteiger partial charge >= 0.3 is 0 Å². The Kier molecular flexibility index (Phi) is 5.36. The minimum atomic E-state index is 0.795. The van der Waals surface area contributed by atoms with Gasteiger partial charge in [0, 0.05) is 0 Å². The zero-order valence-corrected chi connectivity index (χ0v) is 7.62. The van der Waals surface area contributed by atoms with Gasteiger partial charge in [-0.1, -0.05) is 33.6 Å². The molecule has 0 aromatic heterocycles. The van der Waals surface area contributed by atoms with Crippen LogP contribution in [0.25, 0.3) is 0 Å². The second-order valence-electron chi connectivity index (χ2n) is 2.74. The summed E-state index contributed by atoms with van der Waals surface area (Å²) in [6, 6.07) is 0. The zero-order chi connectivity index (χ0) is 7.28. The average Bonchev–Trinajstić information content (AvgIpc) is 1.90. The Hall–Kier alpha value is 0.350. The fraction of sp³-hybridized carbons (Fsp3) is 1.00. The summed E-state index contributed by atoms with van der Waals surface area (Å²) in [5.41, 5.74) is 0. The molecule has 56 valence electrons. The van der Waals surface area contributed by atoms with Crippen LogP contribution in [0.4, 0.5) is 0 Å². The number of thiol groups is 1. The Bertz CT molecular complexity index is 57.6. The molecule has 0 amide bonds. The van der Waals surface area contributed by atoms with E-state index >= 15 is 0 Å². The maximum atomic E-state index is 4.26. The minimum Gasteiger partial charge on any atom is -0.179 e. The van der Waals surface area contributed by atoms with Crippen molar-refractivity contribution in [2.75, 3.05) is 5.75 Å². The van der Waals surface area contributed by atoms with E-state index < -0.39 is 0 Å². The fourth-order valence-corrected chi connectivity index (χ4v) is 1.54. The van der Waals surface area contributed by atoms with Crippen molar-refractivity contribution in [3.63, 3.8) is 0 Å². The van der Waals surface area contributed by atoms with E-state index in [1.165, 1.54) is 12.8 Å². The topological polar surface area (TPSA) is 0 Å². The van der Waals surface area contributed by atoms with Gasteiger partial charge in [0.05, 0.1) is 0 Å². The summed E-state index contributed by atoms with van der Waals surface area (Å²) in [5, 5.41) is 0. The molecule has 0 saturated heterocycles. The van der Waals surface area contributed by atoms with Crippen molar-refractivity contribution in [3.05, 3.63) is 0 Å². The lowest BCUT2D eigenvalue weighted by atomic mass is 9.91. The van der Waals surface area contributed by atoms with Crippen molar-refractivity contribution in [3.8, 4) is 0 Å². The number of hydrogen-bond donors (Lipinski definition) is 1. The first kappa shape index (κ1) is 9.35. The van der Waals surface area contributed by atoms with Gasteiger partial charge in [-0.25, -0.2) is 0 Å². The van der Waals surface area contributed by atoms with Gasteiger partial charge in [0.2, 0.25) is 0 Å². The van der Waals surface area contributed by atoms with Crippen LogP contribution in [0.2, 0.25) is 0 Å². The molecule has 0 aliphatic heterocycles. The average molecular weight is 146 g/mol. The monoisotopic (exact) mass is 146 g/mol. The van der Waals surface area contributed by atoms with Crippen LogP contribution in [0, 0.1) is 11.8 Å². The number of rotatable bonds is 4. The molecule has 1 heteroatoms. The Morgan fingerprint density at radius 3 is 1.78 bits per heavy atom. The first-order valence-electron chi connectivity index (χ1n) is 3.87. The van der Waals surface area contributed by atoms with Gasteiger partial charge in [-0.05, 0) is 17.6 Å². The molecule has 9 heavy (non-hydrogen) atoms. The summed E-state index contributed by atoms with van der Waals surface area (Å²) >= 11 is 4.26. The summed E-state index contributed by atoms with van der Waals surface area (Å²) in [7, 11) is 0. The van der Waals surface area contributed by atoms with Crippen LogP contribution in [0.1, 0.15) is 33.6 Å². The van der Waals surface area contributed by atoms with Crippen LogP contribution in [0.5, 0.6) is 0 Å². The van der Waals surface area contributed by atoms with E-state index in [2.05, 4.69) is 33.4 Å². The Balaban J connectivity index is 3.50. The van der Waals surface area contributed by atoms with Gasteiger partial charge in [-0.15, -0.1) is 0 Å².